The number of hydrogen-bond donors (Lipinski definition) is 2. The zero-order chi connectivity index (χ0) is 12.6. The third-order valence-electron chi connectivity index (χ3n) is 2.16. The largest absolute Gasteiger partial charge is 0.374 e. The minimum atomic E-state index is -0.741. The lowest BCUT2D eigenvalue weighted by Crippen LogP contribution is -2.32. The average molecular weight is 225 g/mol. The van der Waals surface area contributed by atoms with E-state index in [1.165, 1.54) is 5.57 Å². The molecule has 0 aliphatic heterocycles. The fourth-order valence-corrected chi connectivity index (χ4v) is 1.19. The van der Waals surface area contributed by atoms with E-state index >= 15 is 0 Å². The Hall–Kier alpha value is -1.09. The molecule has 0 aromatic carbocycles. The molecule has 0 bridgehead atoms. The maximum Gasteiger partial charge on any atom is 0.245 e. The Labute approximate surface area is 98.2 Å². The Balaban J connectivity index is 4.01. The molecule has 92 valence electrons. The minimum Gasteiger partial charge on any atom is -0.374 e. The van der Waals surface area contributed by atoms with E-state index < -0.39 is 6.23 Å². The van der Waals surface area contributed by atoms with E-state index in [0.29, 0.717) is 6.42 Å². The molecule has 0 radical (unpaired) electrons. The van der Waals surface area contributed by atoms with Crippen molar-refractivity contribution in [3.8, 4) is 0 Å². The molecule has 0 fully saturated rings. The fraction of sp³-hybridized carbons (Fsp3) is 0.615. The Kier molecular flexibility index (Phi) is 7.56. The molecule has 3 nitrogen and oxygen atoms in total. The zero-order valence-corrected chi connectivity index (χ0v) is 10.7. The molecule has 0 aromatic heterocycles. The highest BCUT2D eigenvalue weighted by Gasteiger charge is 2.03. The Morgan fingerprint density at radius 1 is 1.38 bits per heavy atom. The summed E-state index contributed by atoms with van der Waals surface area (Å²) in [4.78, 5) is 11.4. The Morgan fingerprint density at radius 2 is 2.00 bits per heavy atom. The van der Waals surface area contributed by atoms with Gasteiger partial charge in [-0.3, -0.25) is 4.79 Å². The summed E-state index contributed by atoms with van der Waals surface area (Å²) in [5, 5.41) is 11.7. The molecule has 0 rings (SSSR count). The summed E-state index contributed by atoms with van der Waals surface area (Å²) in [7, 11) is 0. The number of nitrogens with one attached hydrogen (secondary N) is 1. The van der Waals surface area contributed by atoms with Crippen LogP contribution in [0.5, 0.6) is 0 Å². The van der Waals surface area contributed by atoms with Crippen molar-refractivity contribution in [1.82, 2.24) is 5.32 Å². The van der Waals surface area contributed by atoms with Gasteiger partial charge in [0.15, 0.2) is 0 Å². The van der Waals surface area contributed by atoms with Crippen LogP contribution in [0.25, 0.3) is 0 Å². The first-order valence-corrected chi connectivity index (χ1v) is 5.74. The van der Waals surface area contributed by atoms with Crippen molar-refractivity contribution in [1.29, 1.82) is 0 Å². The van der Waals surface area contributed by atoms with Crippen molar-refractivity contribution in [2.75, 3.05) is 0 Å². The van der Waals surface area contributed by atoms with Gasteiger partial charge in [0.1, 0.15) is 6.23 Å². The number of aliphatic hydroxyl groups excluding tert-OH is 1. The second-order valence-electron chi connectivity index (χ2n) is 4.24. The van der Waals surface area contributed by atoms with Crippen molar-refractivity contribution in [3.05, 3.63) is 23.3 Å². The van der Waals surface area contributed by atoms with Crippen molar-refractivity contribution >= 4 is 5.91 Å². The summed E-state index contributed by atoms with van der Waals surface area (Å²) >= 11 is 0. The summed E-state index contributed by atoms with van der Waals surface area (Å²) in [6.07, 6.45) is 5.31. The monoisotopic (exact) mass is 225 g/mol. The van der Waals surface area contributed by atoms with Crippen molar-refractivity contribution in [2.45, 2.75) is 53.2 Å². The first-order valence-electron chi connectivity index (χ1n) is 5.74. The lowest BCUT2D eigenvalue weighted by Gasteiger charge is -2.08. The van der Waals surface area contributed by atoms with Gasteiger partial charge in [-0.25, -0.2) is 0 Å². The van der Waals surface area contributed by atoms with Crippen LogP contribution < -0.4 is 5.32 Å². The third kappa shape index (κ3) is 8.24. The summed E-state index contributed by atoms with van der Waals surface area (Å²) in [6.45, 7) is 7.86. The molecular weight excluding hydrogens is 202 g/mol. The number of hydrogen-bond acceptors (Lipinski definition) is 2. The quantitative estimate of drug-likeness (QED) is 0.414. The Morgan fingerprint density at radius 3 is 2.50 bits per heavy atom. The maximum absolute atomic E-state index is 11.4. The van der Waals surface area contributed by atoms with Crippen LogP contribution in [-0.4, -0.2) is 17.2 Å². The molecule has 2 N–H and O–H groups in total. The van der Waals surface area contributed by atoms with E-state index in [9.17, 15) is 9.90 Å². The molecule has 0 spiro atoms. The molecule has 0 aliphatic rings. The van der Waals surface area contributed by atoms with Gasteiger partial charge in [0.05, 0.1) is 0 Å². The van der Waals surface area contributed by atoms with Crippen LogP contribution in [0.15, 0.2) is 23.3 Å². The lowest BCUT2D eigenvalue weighted by molar-refractivity contribution is -0.119. The van der Waals surface area contributed by atoms with Crippen LogP contribution in [-0.2, 0) is 4.79 Å². The molecule has 0 heterocycles. The van der Waals surface area contributed by atoms with Gasteiger partial charge in [-0.15, -0.1) is 0 Å². The van der Waals surface area contributed by atoms with Crippen LogP contribution in [0.3, 0.4) is 0 Å². The second-order valence-corrected chi connectivity index (χ2v) is 4.24. The van der Waals surface area contributed by atoms with E-state index in [0.717, 1.165) is 18.4 Å². The van der Waals surface area contributed by atoms with Gasteiger partial charge < -0.3 is 10.4 Å². The predicted octanol–water partition coefficient (Wildman–Crippen LogP) is 2.52. The number of aliphatic hydroxyl groups is 1. The highest BCUT2D eigenvalue weighted by molar-refractivity contribution is 5.88. The van der Waals surface area contributed by atoms with Gasteiger partial charge in [-0.2, -0.15) is 0 Å². The fourth-order valence-electron chi connectivity index (χ4n) is 1.19. The van der Waals surface area contributed by atoms with Gasteiger partial charge in [0, 0.05) is 6.08 Å². The van der Waals surface area contributed by atoms with Crippen molar-refractivity contribution in [2.24, 2.45) is 0 Å². The normalized spacial score (nSPS) is 13.2. The SMILES string of the molecule is CCC(O)NC(=O)/C=C(\C)CCC=C(C)C. The van der Waals surface area contributed by atoms with E-state index in [1.807, 2.05) is 13.8 Å². The zero-order valence-electron chi connectivity index (χ0n) is 10.7. The number of carbonyl (C=O) groups is 1. The molecule has 1 amide bonds. The molecule has 16 heavy (non-hydrogen) atoms. The van der Waals surface area contributed by atoms with Crippen LogP contribution in [0, 0.1) is 0 Å². The number of allylic oxidation sites excluding steroid dienone is 3. The van der Waals surface area contributed by atoms with E-state index in [4.69, 9.17) is 0 Å². The summed E-state index contributed by atoms with van der Waals surface area (Å²) in [5.74, 6) is -0.218. The number of carbonyl (C=O) groups excluding carboxylic acids is 1. The molecule has 0 saturated heterocycles. The molecule has 3 heteroatoms. The first kappa shape index (κ1) is 14.9. The van der Waals surface area contributed by atoms with Gasteiger partial charge in [-0.1, -0.05) is 24.1 Å². The van der Waals surface area contributed by atoms with Crippen molar-refractivity contribution in [3.63, 3.8) is 0 Å². The molecule has 1 unspecified atom stereocenters. The third-order valence-corrected chi connectivity index (χ3v) is 2.16. The summed E-state index contributed by atoms with van der Waals surface area (Å²) in [6, 6.07) is 0. The highest BCUT2D eigenvalue weighted by atomic mass is 16.3. The van der Waals surface area contributed by atoms with E-state index in [1.54, 1.807) is 6.08 Å². The topological polar surface area (TPSA) is 49.3 Å². The first-order chi connectivity index (χ1) is 7.45. The summed E-state index contributed by atoms with van der Waals surface area (Å²) in [5.41, 5.74) is 2.32. The molecule has 0 aliphatic carbocycles. The lowest BCUT2D eigenvalue weighted by atomic mass is 10.1. The number of amides is 1. The Bertz CT molecular complexity index is 276. The second kappa shape index (κ2) is 8.11. The van der Waals surface area contributed by atoms with E-state index in [-0.39, 0.29) is 5.91 Å². The summed E-state index contributed by atoms with van der Waals surface area (Å²) < 4.78 is 0. The predicted molar refractivity (Wildman–Crippen MR) is 66.9 cm³/mol. The van der Waals surface area contributed by atoms with Crippen LogP contribution in [0.2, 0.25) is 0 Å². The standard InChI is InChI=1S/C13H23NO2/c1-5-12(15)14-13(16)9-11(4)8-6-7-10(2)3/h7,9,12,15H,5-6,8H2,1-4H3,(H,14,16)/b11-9+. The average Bonchev–Trinajstić information content (AvgIpc) is 2.16. The van der Waals surface area contributed by atoms with Crippen LogP contribution in [0.4, 0.5) is 0 Å². The molecule has 0 saturated carbocycles. The number of rotatable bonds is 6. The van der Waals surface area contributed by atoms with Crippen molar-refractivity contribution < 1.29 is 9.90 Å². The molecule has 1 atom stereocenters. The minimum absolute atomic E-state index is 0.218. The maximum atomic E-state index is 11.4. The smallest absolute Gasteiger partial charge is 0.245 e. The highest BCUT2D eigenvalue weighted by Crippen LogP contribution is 2.06. The molecule has 0 aromatic rings. The van der Waals surface area contributed by atoms with Gasteiger partial charge in [0.2, 0.25) is 5.91 Å². The van der Waals surface area contributed by atoms with Gasteiger partial charge >= 0.3 is 0 Å². The van der Waals surface area contributed by atoms with Gasteiger partial charge in [0.25, 0.3) is 0 Å². The van der Waals surface area contributed by atoms with Crippen LogP contribution >= 0.6 is 0 Å². The van der Waals surface area contributed by atoms with E-state index in [2.05, 4.69) is 25.2 Å². The molecular formula is C13H23NO2. The van der Waals surface area contributed by atoms with Crippen LogP contribution in [0.1, 0.15) is 47.0 Å². The van der Waals surface area contributed by atoms with Gasteiger partial charge in [-0.05, 0) is 40.0 Å².